The van der Waals surface area contributed by atoms with Crippen molar-refractivity contribution in [1.29, 1.82) is 0 Å². The Morgan fingerprint density at radius 2 is 2.29 bits per heavy atom. The van der Waals surface area contributed by atoms with Gasteiger partial charge in [0.15, 0.2) is 0 Å². The minimum atomic E-state index is -0.340. The second kappa shape index (κ2) is 4.35. The van der Waals surface area contributed by atoms with Gasteiger partial charge in [-0.2, -0.15) is 0 Å². The first-order valence-electron chi connectivity index (χ1n) is 4.81. The summed E-state index contributed by atoms with van der Waals surface area (Å²) in [4.78, 5) is 26.4. The van der Waals surface area contributed by atoms with Crippen molar-refractivity contribution >= 4 is 17.6 Å². The molecule has 1 rings (SSSR count). The van der Waals surface area contributed by atoms with Crippen LogP contribution in [-0.4, -0.2) is 24.2 Å². The third-order valence-electron chi connectivity index (χ3n) is 2.36. The van der Waals surface area contributed by atoms with E-state index in [0.29, 0.717) is 18.7 Å². The highest BCUT2D eigenvalue weighted by atomic mass is 16.5. The maximum Gasteiger partial charge on any atom is 0.314 e. The average molecular weight is 197 g/mol. The Bertz CT molecular complexity index is 283. The van der Waals surface area contributed by atoms with Gasteiger partial charge in [0.25, 0.3) is 0 Å². The molecule has 0 aromatic carbocycles. The first kappa shape index (κ1) is 10.9. The van der Waals surface area contributed by atoms with Gasteiger partial charge in [0.2, 0.25) is 5.91 Å². The summed E-state index contributed by atoms with van der Waals surface area (Å²) in [6.45, 7) is 5.71. The highest BCUT2D eigenvalue weighted by molar-refractivity contribution is 6.07. The van der Waals surface area contributed by atoms with Crippen LogP contribution in [0, 0.1) is 11.8 Å². The van der Waals surface area contributed by atoms with Gasteiger partial charge in [-0.3, -0.25) is 9.59 Å². The van der Waals surface area contributed by atoms with E-state index in [0.717, 1.165) is 0 Å². The molecule has 0 saturated carbocycles. The molecule has 0 aromatic rings. The minimum absolute atomic E-state index is 0.000880. The lowest BCUT2D eigenvalue weighted by Crippen LogP contribution is -2.35. The summed E-state index contributed by atoms with van der Waals surface area (Å²) in [5.41, 5.74) is 0.576. The first-order chi connectivity index (χ1) is 6.56. The van der Waals surface area contributed by atoms with Crippen molar-refractivity contribution in [2.75, 3.05) is 6.61 Å². The van der Waals surface area contributed by atoms with Gasteiger partial charge >= 0.3 is 5.97 Å². The Hall–Kier alpha value is -1.19. The van der Waals surface area contributed by atoms with Crippen LogP contribution in [0.4, 0.5) is 0 Å². The molecule has 0 bridgehead atoms. The fourth-order valence-corrected chi connectivity index (χ4v) is 1.75. The number of carbonyl (C=O) groups excluding carboxylic acids is 2. The molecule has 14 heavy (non-hydrogen) atoms. The fraction of sp³-hybridized carbons (Fsp3) is 0.700. The van der Waals surface area contributed by atoms with E-state index in [1.807, 2.05) is 6.92 Å². The van der Waals surface area contributed by atoms with E-state index in [1.165, 1.54) is 0 Å². The normalized spacial score (nSPS) is 27.1. The van der Waals surface area contributed by atoms with Gasteiger partial charge in [0.05, 0.1) is 12.5 Å². The number of amides is 1. The Labute approximate surface area is 83.3 Å². The predicted octanol–water partition coefficient (Wildman–Crippen LogP) is 1.19. The number of ether oxygens (including phenoxy) is 1. The van der Waals surface area contributed by atoms with Crippen molar-refractivity contribution in [2.24, 2.45) is 16.8 Å². The number of carbonyl (C=O) groups is 2. The quantitative estimate of drug-likeness (QED) is 0.625. The van der Waals surface area contributed by atoms with Crippen LogP contribution in [0.5, 0.6) is 0 Å². The smallest absolute Gasteiger partial charge is 0.314 e. The average Bonchev–Trinajstić information content (AvgIpc) is 2.01. The molecule has 0 radical (unpaired) electrons. The zero-order valence-electron chi connectivity index (χ0n) is 8.74. The molecule has 1 aliphatic heterocycles. The summed E-state index contributed by atoms with van der Waals surface area (Å²) in [7, 11) is 0. The zero-order chi connectivity index (χ0) is 10.7. The molecule has 2 atom stereocenters. The van der Waals surface area contributed by atoms with Crippen molar-refractivity contribution in [2.45, 2.75) is 27.2 Å². The lowest BCUT2D eigenvalue weighted by molar-refractivity contribution is -0.147. The van der Waals surface area contributed by atoms with E-state index < -0.39 is 0 Å². The number of hydrogen-bond donors (Lipinski definition) is 0. The van der Waals surface area contributed by atoms with E-state index in [4.69, 9.17) is 4.74 Å². The molecule has 0 aromatic heterocycles. The summed E-state index contributed by atoms with van der Waals surface area (Å²) >= 11 is 0. The lowest BCUT2D eigenvalue weighted by atomic mass is 9.85. The summed E-state index contributed by atoms with van der Waals surface area (Å²) in [5.74, 6) is -0.754. The number of aliphatic imine (C=N–C) groups is 1. The lowest BCUT2D eigenvalue weighted by Gasteiger charge is -2.24. The highest BCUT2D eigenvalue weighted by Gasteiger charge is 2.34. The minimum Gasteiger partial charge on any atom is -0.465 e. The topological polar surface area (TPSA) is 55.7 Å². The first-order valence-corrected chi connectivity index (χ1v) is 4.81. The fourth-order valence-electron chi connectivity index (χ4n) is 1.75. The Morgan fingerprint density at radius 1 is 1.64 bits per heavy atom. The molecule has 4 heteroatoms. The Morgan fingerprint density at radius 3 is 2.79 bits per heavy atom. The molecular formula is C10H15NO3. The van der Waals surface area contributed by atoms with Crippen molar-refractivity contribution in [3.8, 4) is 0 Å². The van der Waals surface area contributed by atoms with E-state index >= 15 is 0 Å². The van der Waals surface area contributed by atoms with E-state index in [2.05, 4.69) is 4.99 Å². The summed E-state index contributed by atoms with van der Waals surface area (Å²) in [6, 6.07) is 0. The van der Waals surface area contributed by atoms with Crippen LogP contribution in [0.15, 0.2) is 4.99 Å². The van der Waals surface area contributed by atoms with E-state index in [1.54, 1.807) is 13.8 Å². The predicted molar refractivity (Wildman–Crippen MR) is 52.0 cm³/mol. The molecule has 0 aliphatic carbocycles. The van der Waals surface area contributed by atoms with Crippen molar-refractivity contribution in [3.05, 3.63) is 0 Å². The van der Waals surface area contributed by atoms with Gasteiger partial charge in [-0.15, -0.1) is 0 Å². The maximum absolute atomic E-state index is 11.5. The molecule has 0 N–H and O–H groups in total. The van der Waals surface area contributed by atoms with E-state index in [9.17, 15) is 9.59 Å². The number of hydrogen-bond acceptors (Lipinski definition) is 3. The van der Waals surface area contributed by atoms with Crippen LogP contribution >= 0.6 is 0 Å². The van der Waals surface area contributed by atoms with Crippen LogP contribution in [0.3, 0.4) is 0 Å². The SMILES string of the molecule is CCOC(=O)C1C(C)=NC(=O)CC1C. The molecule has 0 fully saturated rings. The van der Waals surface area contributed by atoms with Gasteiger partial charge in [0, 0.05) is 12.1 Å². The number of rotatable bonds is 2. The highest BCUT2D eigenvalue weighted by Crippen LogP contribution is 2.24. The summed E-state index contributed by atoms with van der Waals surface area (Å²) in [6.07, 6.45) is 0.334. The standard InChI is InChI=1S/C10H15NO3/c1-4-14-10(13)9-6(2)5-8(12)11-7(9)3/h6,9H,4-5H2,1-3H3. The largest absolute Gasteiger partial charge is 0.465 e. The molecule has 78 valence electrons. The molecule has 4 nitrogen and oxygen atoms in total. The van der Waals surface area contributed by atoms with Gasteiger partial charge in [0.1, 0.15) is 0 Å². The van der Waals surface area contributed by atoms with Crippen molar-refractivity contribution in [3.63, 3.8) is 0 Å². The summed E-state index contributed by atoms with van der Waals surface area (Å²) < 4.78 is 4.93. The monoisotopic (exact) mass is 197 g/mol. The van der Waals surface area contributed by atoms with Gasteiger partial charge in [-0.1, -0.05) is 6.92 Å². The third kappa shape index (κ3) is 2.19. The molecule has 0 spiro atoms. The number of nitrogens with zero attached hydrogens (tertiary/aromatic N) is 1. The van der Waals surface area contributed by atoms with Crippen LogP contribution in [-0.2, 0) is 14.3 Å². The second-order valence-corrected chi connectivity index (χ2v) is 3.56. The van der Waals surface area contributed by atoms with Gasteiger partial charge < -0.3 is 4.74 Å². The molecular weight excluding hydrogens is 182 g/mol. The zero-order valence-corrected chi connectivity index (χ0v) is 8.74. The second-order valence-electron chi connectivity index (χ2n) is 3.56. The number of esters is 1. The van der Waals surface area contributed by atoms with Gasteiger partial charge in [-0.25, -0.2) is 4.99 Å². The van der Waals surface area contributed by atoms with Crippen LogP contribution < -0.4 is 0 Å². The van der Waals surface area contributed by atoms with Crippen molar-refractivity contribution in [1.82, 2.24) is 0 Å². The van der Waals surface area contributed by atoms with Crippen LogP contribution in [0.25, 0.3) is 0 Å². The third-order valence-corrected chi connectivity index (χ3v) is 2.36. The Kier molecular flexibility index (Phi) is 3.38. The van der Waals surface area contributed by atoms with Crippen LogP contribution in [0.2, 0.25) is 0 Å². The molecule has 1 amide bonds. The Balaban J connectivity index is 2.81. The van der Waals surface area contributed by atoms with Gasteiger partial charge in [-0.05, 0) is 19.8 Å². The molecule has 0 saturated heterocycles. The van der Waals surface area contributed by atoms with Crippen molar-refractivity contribution < 1.29 is 14.3 Å². The summed E-state index contributed by atoms with van der Waals surface area (Å²) in [5, 5.41) is 0. The van der Waals surface area contributed by atoms with E-state index in [-0.39, 0.29) is 23.7 Å². The molecule has 1 aliphatic rings. The van der Waals surface area contributed by atoms with Crippen LogP contribution in [0.1, 0.15) is 27.2 Å². The molecule has 2 unspecified atom stereocenters. The maximum atomic E-state index is 11.5. The molecule has 1 heterocycles.